The van der Waals surface area contributed by atoms with Gasteiger partial charge >= 0.3 is 0 Å². The van der Waals surface area contributed by atoms with E-state index in [0.717, 1.165) is 24.5 Å². The fraction of sp³-hybridized carbons (Fsp3) is 0.722. The molecule has 1 fully saturated rings. The van der Waals surface area contributed by atoms with Gasteiger partial charge in [-0.2, -0.15) is 0 Å². The zero-order valence-corrected chi connectivity index (χ0v) is 13.1. The van der Waals surface area contributed by atoms with Crippen molar-refractivity contribution in [1.82, 2.24) is 4.98 Å². The summed E-state index contributed by atoms with van der Waals surface area (Å²) in [6, 6.07) is 4.63. The molecule has 0 amide bonds. The van der Waals surface area contributed by atoms with Crippen LogP contribution < -0.4 is 5.73 Å². The van der Waals surface area contributed by atoms with Gasteiger partial charge in [0.2, 0.25) is 0 Å². The molecule has 1 saturated carbocycles. The third-order valence-corrected chi connectivity index (χ3v) is 4.93. The lowest BCUT2D eigenvalue weighted by Crippen LogP contribution is -2.35. The van der Waals surface area contributed by atoms with Crippen molar-refractivity contribution in [2.75, 3.05) is 0 Å². The first-order valence-electron chi connectivity index (χ1n) is 8.42. The van der Waals surface area contributed by atoms with Crippen molar-refractivity contribution in [3.05, 3.63) is 29.6 Å². The van der Waals surface area contributed by atoms with E-state index in [1.54, 1.807) is 0 Å². The number of aryl methyl sites for hydroxylation is 1. The Labute approximate surface area is 124 Å². The minimum atomic E-state index is 0.289. The van der Waals surface area contributed by atoms with Crippen LogP contribution >= 0.6 is 0 Å². The molecule has 1 unspecified atom stereocenters. The Balaban J connectivity index is 1.81. The molecule has 0 aliphatic heterocycles. The molecule has 1 aromatic heterocycles. The molecule has 2 N–H and O–H groups in total. The molecule has 0 spiro atoms. The monoisotopic (exact) mass is 274 g/mol. The van der Waals surface area contributed by atoms with Gasteiger partial charge in [-0.25, -0.2) is 0 Å². The number of nitrogens with zero attached hydrogens (tertiary/aromatic N) is 1. The summed E-state index contributed by atoms with van der Waals surface area (Å²) in [6.07, 6.45) is 12.1. The Kier molecular flexibility index (Phi) is 6.03. The Morgan fingerprint density at radius 2 is 1.95 bits per heavy atom. The van der Waals surface area contributed by atoms with Crippen LogP contribution in [0.3, 0.4) is 0 Å². The molecule has 0 aromatic carbocycles. The predicted molar refractivity (Wildman–Crippen MR) is 85.7 cm³/mol. The normalized spacial score (nSPS) is 24.6. The first kappa shape index (κ1) is 15.5. The van der Waals surface area contributed by atoms with Gasteiger partial charge < -0.3 is 5.73 Å². The second-order valence-corrected chi connectivity index (χ2v) is 6.45. The van der Waals surface area contributed by atoms with Crippen molar-refractivity contribution >= 4 is 0 Å². The Morgan fingerprint density at radius 3 is 2.50 bits per heavy atom. The van der Waals surface area contributed by atoms with Crippen molar-refractivity contribution in [3.63, 3.8) is 0 Å². The number of hydrogen-bond acceptors (Lipinski definition) is 2. The van der Waals surface area contributed by atoms with E-state index in [1.807, 2.05) is 6.20 Å². The van der Waals surface area contributed by atoms with Gasteiger partial charge in [-0.15, -0.1) is 0 Å². The van der Waals surface area contributed by atoms with Crippen molar-refractivity contribution < 1.29 is 0 Å². The molecule has 1 aliphatic rings. The van der Waals surface area contributed by atoms with Crippen LogP contribution in [0.5, 0.6) is 0 Å². The lowest BCUT2D eigenvalue weighted by Gasteiger charge is -2.32. The van der Waals surface area contributed by atoms with Crippen LogP contribution in [0.1, 0.15) is 63.6 Å². The van der Waals surface area contributed by atoms with Gasteiger partial charge in [0.1, 0.15) is 0 Å². The van der Waals surface area contributed by atoms with E-state index in [4.69, 9.17) is 5.73 Å². The van der Waals surface area contributed by atoms with Crippen LogP contribution in [-0.4, -0.2) is 11.0 Å². The second kappa shape index (κ2) is 7.78. The molecule has 2 heteroatoms. The molecule has 112 valence electrons. The van der Waals surface area contributed by atoms with Gasteiger partial charge in [-0.3, -0.25) is 4.98 Å². The van der Waals surface area contributed by atoms with E-state index >= 15 is 0 Å². The zero-order chi connectivity index (χ0) is 14.4. The molecule has 1 atom stereocenters. The minimum absolute atomic E-state index is 0.289. The van der Waals surface area contributed by atoms with Crippen molar-refractivity contribution in [3.8, 4) is 0 Å². The summed E-state index contributed by atoms with van der Waals surface area (Å²) < 4.78 is 0. The number of nitrogens with two attached hydrogens (primary N) is 1. The summed E-state index contributed by atoms with van der Waals surface area (Å²) in [7, 11) is 0. The van der Waals surface area contributed by atoms with Gasteiger partial charge in [-0.1, -0.05) is 45.6 Å². The standard InChI is InChI=1S/C18H30N2/c1-3-5-15-6-9-16(10-7-15)18(19)12-17-11-8-14(4-2)13-20-17/h8,11,13,15-16,18H,3-7,9-10,12,19H2,1-2H3. The quantitative estimate of drug-likeness (QED) is 0.847. The van der Waals surface area contributed by atoms with Crippen LogP contribution in [0.4, 0.5) is 0 Å². The molecular weight excluding hydrogens is 244 g/mol. The molecule has 0 bridgehead atoms. The summed E-state index contributed by atoms with van der Waals surface area (Å²) in [4.78, 5) is 4.55. The smallest absolute Gasteiger partial charge is 0.0419 e. The van der Waals surface area contributed by atoms with Crippen LogP contribution in [-0.2, 0) is 12.8 Å². The van der Waals surface area contributed by atoms with Crippen LogP contribution in [0, 0.1) is 11.8 Å². The Bertz CT molecular complexity index is 377. The number of pyridine rings is 1. The molecule has 2 rings (SSSR count). The lowest BCUT2D eigenvalue weighted by molar-refractivity contribution is 0.232. The highest BCUT2D eigenvalue weighted by Gasteiger charge is 2.25. The molecule has 1 heterocycles. The number of rotatable bonds is 6. The maximum Gasteiger partial charge on any atom is 0.0419 e. The van der Waals surface area contributed by atoms with Crippen LogP contribution in [0.2, 0.25) is 0 Å². The topological polar surface area (TPSA) is 38.9 Å². The summed E-state index contributed by atoms with van der Waals surface area (Å²) in [6.45, 7) is 4.46. The summed E-state index contributed by atoms with van der Waals surface area (Å²) in [5.74, 6) is 1.67. The first-order valence-corrected chi connectivity index (χ1v) is 8.42. The zero-order valence-electron chi connectivity index (χ0n) is 13.1. The van der Waals surface area contributed by atoms with Crippen molar-refractivity contribution in [2.45, 2.75) is 71.3 Å². The highest BCUT2D eigenvalue weighted by Crippen LogP contribution is 2.33. The van der Waals surface area contributed by atoms with Gasteiger partial charge in [0, 0.05) is 24.4 Å². The van der Waals surface area contributed by atoms with Crippen LogP contribution in [0.25, 0.3) is 0 Å². The molecule has 20 heavy (non-hydrogen) atoms. The first-order chi connectivity index (χ1) is 9.72. The average Bonchev–Trinajstić information content (AvgIpc) is 2.49. The average molecular weight is 274 g/mol. The molecular formula is C18H30N2. The highest BCUT2D eigenvalue weighted by atomic mass is 14.7. The largest absolute Gasteiger partial charge is 0.327 e. The van der Waals surface area contributed by atoms with E-state index in [9.17, 15) is 0 Å². The minimum Gasteiger partial charge on any atom is -0.327 e. The van der Waals surface area contributed by atoms with Gasteiger partial charge in [0.15, 0.2) is 0 Å². The molecule has 1 aromatic rings. The maximum absolute atomic E-state index is 6.43. The van der Waals surface area contributed by atoms with E-state index in [0.29, 0.717) is 5.92 Å². The van der Waals surface area contributed by atoms with Crippen LogP contribution in [0.15, 0.2) is 18.3 Å². The van der Waals surface area contributed by atoms with Crippen molar-refractivity contribution in [2.24, 2.45) is 17.6 Å². The highest BCUT2D eigenvalue weighted by molar-refractivity contribution is 5.14. The van der Waals surface area contributed by atoms with E-state index in [2.05, 4.69) is 31.0 Å². The third kappa shape index (κ3) is 4.31. The van der Waals surface area contributed by atoms with Crippen molar-refractivity contribution in [1.29, 1.82) is 0 Å². The molecule has 0 saturated heterocycles. The van der Waals surface area contributed by atoms with E-state index < -0.39 is 0 Å². The van der Waals surface area contributed by atoms with Gasteiger partial charge in [0.05, 0.1) is 0 Å². The third-order valence-electron chi connectivity index (χ3n) is 4.93. The summed E-state index contributed by atoms with van der Waals surface area (Å²) in [5, 5.41) is 0. The molecule has 1 aliphatic carbocycles. The maximum atomic E-state index is 6.43. The molecule has 2 nitrogen and oxygen atoms in total. The SMILES string of the molecule is CCCC1CCC(C(N)Cc2ccc(CC)cn2)CC1. The fourth-order valence-electron chi connectivity index (χ4n) is 3.51. The molecule has 0 radical (unpaired) electrons. The number of aromatic nitrogens is 1. The lowest BCUT2D eigenvalue weighted by atomic mass is 9.76. The predicted octanol–water partition coefficient (Wildman–Crippen LogP) is 4.12. The van der Waals surface area contributed by atoms with Gasteiger partial charge in [-0.05, 0) is 42.7 Å². The van der Waals surface area contributed by atoms with E-state index in [1.165, 1.54) is 44.1 Å². The Hall–Kier alpha value is -0.890. The second-order valence-electron chi connectivity index (χ2n) is 6.45. The number of hydrogen-bond donors (Lipinski definition) is 1. The van der Waals surface area contributed by atoms with Gasteiger partial charge in [0.25, 0.3) is 0 Å². The van der Waals surface area contributed by atoms with E-state index in [-0.39, 0.29) is 6.04 Å². The summed E-state index contributed by atoms with van der Waals surface area (Å²) >= 11 is 0. The fourth-order valence-corrected chi connectivity index (χ4v) is 3.51. The summed E-state index contributed by atoms with van der Waals surface area (Å²) in [5.41, 5.74) is 8.90. The Morgan fingerprint density at radius 1 is 1.20 bits per heavy atom.